The van der Waals surface area contributed by atoms with Gasteiger partial charge in [0.15, 0.2) is 0 Å². The van der Waals surface area contributed by atoms with Crippen LogP contribution in [0.5, 0.6) is 0 Å². The maximum atomic E-state index is 6.51. The summed E-state index contributed by atoms with van der Waals surface area (Å²) in [6, 6.07) is 0. The highest BCUT2D eigenvalue weighted by atomic mass is 16.5. The third-order valence-electron chi connectivity index (χ3n) is 4.96. The van der Waals surface area contributed by atoms with Crippen molar-refractivity contribution < 1.29 is 4.74 Å². The highest BCUT2D eigenvalue weighted by Crippen LogP contribution is 2.31. The maximum Gasteiger partial charge on any atom is 0.0810 e. The average molecular weight is 267 g/mol. The molecule has 1 aliphatic heterocycles. The van der Waals surface area contributed by atoms with Gasteiger partial charge in [-0.2, -0.15) is 0 Å². The molecule has 0 bridgehead atoms. The Kier molecular flexibility index (Phi) is 6.66. The summed E-state index contributed by atoms with van der Waals surface area (Å²) in [6.07, 6.45) is 16.9. The Morgan fingerprint density at radius 2 is 1.42 bits per heavy atom. The lowest BCUT2D eigenvalue weighted by Crippen LogP contribution is -2.53. The zero-order valence-electron chi connectivity index (χ0n) is 12.9. The Labute approximate surface area is 119 Å². The summed E-state index contributed by atoms with van der Waals surface area (Å²) in [5.41, 5.74) is 0.165. The summed E-state index contributed by atoms with van der Waals surface area (Å²) < 4.78 is 6.51. The van der Waals surface area contributed by atoms with Crippen molar-refractivity contribution in [2.45, 2.75) is 95.7 Å². The van der Waals surface area contributed by atoms with Crippen molar-refractivity contribution in [2.24, 2.45) is 0 Å². The van der Waals surface area contributed by atoms with Crippen LogP contribution in [0.25, 0.3) is 0 Å². The second-order valence-electron chi connectivity index (χ2n) is 6.64. The Hall–Kier alpha value is -0.0800. The SMILES string of the molecule is CCC1CNCC2(CCCCCCCCCCC2)O1. The summed E-state index contributed by atoms with van der Waals surface area (Å²) >= 11 is 0. The predicted octanol–water partition coefficient (Wildman–Crippen LogP) is 4.43. The molecule has 0 aromatic rings. The molecule has 0 radical (unpaired) electrons. The van der Waals surface area contributed by atoms with Gasteiger partial charge in [0.2, 0.25) is 0 Å². The molecule has 0 aromatic carbocycles. The molecule has 2 fully saturated rings. The Morgan fingerprint density at radius 3 is 1.95 bits per heavy atom. The lowest BCUT2D eigenvalue weighted by atomic mass is 9.87. The Bertz CT molecular complexity index is 229. The molecule has 2 rings (SSSR count). The number of nitrogens with one attached hydrogen (secondary N) is 1. The Morgan fingerprint density at radius 1 is 0.895 bits per heavy atom. The van der Waals surface area contributed by atoms with Crippen LogP contribution in [0.4, 0.5) is 0 Å². The van der Waals surface area contributed by atoms with Crippen molar-refractivity contribution in [2.75, 3.05) is 13.1 Å². The van der Waals surface area contributed by atoms with E-state index in [9.17, 15) is 0 Å². The molecule has 1 spiro atoms. The molecule has 1 atom stereocenters. The van der Waals surface area contributed by atoms with Gasteiger partial charge in [-0.1, -0.05) is 64.7 Å². The number of morpholine rings is 1. The van der Waals surface area contributed by atoms with E-state index in [1.54, 1.807) is 0 Å². The van der Waals surface area contributed by atoms with Gasteiger partial charge in [0, 0.05) is 13.1 Å². The number of rotatable bonds is 1. The van der Waals surface area contributed by atoms with E-state index in [2.05, 4.69) is 12.2 Å². The minimum Gasteiger partial charge on any atom is -0.369 e. The van der Waals surface area contributed by atoms with Crippen molar-refractivity contribution in [1.82, 2.24) is 5.32 Å². The van der Waals surface area contributed by atoms with Gasteiger partial charge in [0.1, 0.15) is 0 Å². The second kappa shape index (κ2) is 8.26. The molecular weight excluding hydrogens is 234 g/mol. The van der Waals surface area contributed by atoms with Crippen LogP contribution < -0.4 is 5.32 Å². The third kappa shape index (κ3) is 5.07. The van der Waals surface area contributed by atoms with Gasteiger partial charge in [-0.25, -0.2) is 0 Å². The molecule has 1 heterocycles. The first kappa shape index (κ1) is 15.3. The largest absolute Gasteiger partial charge is 0.369 e. The summed E-state index contributed by atoms with van der Waals surface area (Å²) in [5.74, 6) is 0. The summed E-state index contributed by atoms with van der Waals surface area (Å²) in [4.78, 5) is 0. The minimum atomic E-state index is 0.165. The maximum absolute atomic E-state index is 6.51. The van der Waals surface area contributed by atoms with E-state index in [1.807, 2.05) is 0 Å². The van der Waals surface area contributed by atoms with Gasteiger partial charge < -0.3 is 10.1 Å². The van der Waals surface area contributed by atoms with Crippen LogP contribution >= 0.6 is 0 Å². The topological polar surface area (TPSA) is 21.3 Å². The first-order valence-electron chi connectivity index (χ1n) is 8.73. The van der Waals surface area contributed by atoms with E-state index in [1.165, 1.54) is 70.6 Å². The molecule has 0 aromatic heterocycles. The number of ether oxygens (including phenoxy) is 1. The standard InChI is InChI=1S/C17H33NO/c1-2-16-14-18-15-17(19-16)12-10-8-6-4-3-5-7-9-11-13-17/h16,18H,2-15H2,1H3. The van der Waals surface area contributed by atoms with E-state index in [-0.39, 0.29) is 5.60 Å². The van der Waals surface area contributed by atoms with Crippen molar-refractivity contribution in [3.8, 4) is 0 Å². The third-order valence-corrected chi connectivity index (χ3v) is 4.96. The van der Waals surface area contributed by atoms with E-state index in [0.29, 0.717) is 6.10 Å². The van der Waals surface area contributed by atoms with Crippen LogP contribution in [0, 0.1) is 0 Å². The van der Waals surface area contributed by atoms with Crippen LogP contribution in [0.15, 0.2) is 0 Å². The van der Waals surface area contributed by atoms with E-state index >= 15 is 0 Å². The van der Waals surface area contributed by atoms with Crippen LogP contribution in [-0.2, 0) is 4.74 Å². The molecule has 1 saturated heterocycles. The van der Waals surface area contributed by atoms with Crippen molar-refractivity contribution in [3.05, 3.63) is 0 Å². The van der Waals surface area contributed by atoms with E-state index < -0.39 is 0 Å². The molecule has 2 aliphatic rings. The number of hydrogen-bond acceptors (Lipinski definition) is 2. The molecule has 112 valence electrons. The minimum absolute atomic E-state index is 0.165. The van der Waals surface area contributed by atoms with Crippen molar-refractivity contribution in [3.63, 3.8) is 0 Å². The zero-order valence-corrected chi connectivity index (χ0v) is 12.9. The average Bonchev–Trinajstić information content (AvgIpc) is 2.43. The van der Waals surface area contributed by atoms with Gasteiger partial charge >= 0.3 is 0 Å². The van der Waals surface area contributed by atoms with Crippen LogP contribution in [-0.4, -0.2) is 24.8 Å². The number of hydrogen-bond donors (Lipinski definition) is 1. The molecular formula is C17H33NO. The summed E-state index contributed by atoms with van der Waals surface area (Å²) in [5, 5.41) is 3.63. The molecule has 1 saturated carbocycles. The van der Waals surface area contributed by atoms with Gasteiger partial charge in [-0.15, -0.1) is 0 Å². The first-order chi connectivity index (χ1) is 9.35. The molecule has 1 N–H and O–H groups in total. The van der Waals surface area contributed by atoms with Crippen LogP contribution in [0.2, 0.25) is 0 Å². The van der Waals surface area contributed by atoms with E-state index in [0.717, 1.165) is 19.5 Å². The predicted molar refractivity (Wildman–Crippen MR) is 81.6 cm³/mol. The quantitative estimate of drug-likeness (QED) is 0.759. The molecule has 1 unspecified atom stereocenters. The molecule has 0 amide bonds. The van der Waals surface area contributed by atoms with Gasteiger partial charge in [-0.3, -0.25) is 0 Å². The zero-order chi connectivity index (χ0) is 13.4. The Balaban J connectivity index is 1.89. The van der Waals surface area contributed by atoms with Gasteiger partial charge in [-0.05, 0) is 19.3 Å². The van der Waals surface area contributed by atoms with Gasteiger partial charge in [0.05, 0.1) is 11.7 Å². The first-order valence-corrected chi connectivity index (χ1v) is 8.73. The highest BCUT2D eigenvalue weighted by Gasteiger charge is 2.35. The molecule has 2 heteroatoms. The van der Waals surface area contributed by atoms with Crippen molar-refractivity contribution in [1.29, 1.82) is 0 Å². The lowest BCUT2D eigenvalue weighted by Gasteiger charge is -2.42. The second-order valence-corrected chi connectivity index (χ2v) is 6.64. The van der Waals surface area contributed by atoms with Crippen LogP contribution in [0.3, 0.4) is 0 Å². The molecule has 19 heavy (non-hydrogen) atoms. The van der Waals surface area contributed by atoms with Gasteiger partial charge in [0.25, 0.3) is 0 Å². The lowest BCUT2D eigenvalue weighted by molar-refractivity contribution is -0.127. The highest BCUT2D eigenvalue weighted by molar-refractivity contribution is 4.89. The smallest absolute Gasteiger partial charge is 0.0810 e. The fraction of sp³-hybridized carbons (Fsp3) is 1.00. The fourth-order valence-electron chi connectivity index (χ4n) is 3.68. The van der Waals surface area contributed by atoms with Crippen LogP contribution in [0.1, 0.15) is 84.0 Å². The van der Waals surface area contributed by atoms with E-state index in [4.69, 9.17) is 4.74 Å². The molecule has 2 nitrogen and oxygen atoms in total. The normalized spacial score (nSPS) is 30.5. The molecule has 1 aliphatic carbocycles. The summed E-state index contributed by atoms with van der Waals surface area (Å²) in [7, 11) is 0. The summed E-state index contributed by atoms with van der Waals surface area (Å²) in [6.45, 7) is 4.39. The van der Waals surface area contributed by atoms with Crippen molar-refractivity contribution >= 4 is 0 Å². The fourth-order valence-corrected chi connectivity index (χ4v) is 3.68. The monoisotopic (exact) mass is 267 g/mol.